The van der Waals surface area contributed by atoms with Crippen LogP contribution in [0.1, 0.15) is 46.0 Å². The highest BCUT2D eigenvalue weighted by Crippen LogP contribution is 2.34. The molecule has 0 aromatic heterocycles. The molecule has 2 fully saturated rings. The van der Waals surface area contributed by atoms with E-state index in [2.05, 4.69) is 0 Å². The highest BCUT2D eigenvalue weighted by molar-refractivity contribution is 5.80. The first kappa shape index (κ1) is 10.9. The maximum Gasteiger partial charge on any atom is 0.226 e. The van der Waals surface area contributed by atoms with E-state index in [1.54, 1.807) is 0 Å². The molecule has 1 heterocycles. The number of hydrogen-bond acceptors (Lipinski definition) is 2. The van der Waals surface area contributed by atoms with Gasteiger partial charge in [0.1, 0.15) is 0 Å². The second kappa shape index (κ2) is 3.78. The lowest BCUT2D eigenvalue weighted by Crippen LogP contribution is -2.60. The standard InChI is InChI=1S/C12H21NO2/c1-12(2)10(14)7-4-8-13(12)11(15)9-5-3-6-9/h9-10,14H,3-8H2,1-2H3. The highest BCUT2D eigenvalue weighted by atomic mass is 16.3. The van der Waals surface area contributed by atoms with Gasteiger partial charge in [0.25, 0.3) is 0 Å². The highest BCUT2D eigenvalue weighted by Gasteiger charge is 2.42. The Bertz CT molecular complexity index is 258. The fourth-order valence-electron chi connectivity index (χ4n) is 2.53. The fourth-order valence-corrected chi connectivity index (χ4v) is 2.53. The van der Waals surface area contributed by atoms with Crippen LogP contribution in [0, 0.1) is 5.92 Å². The Hall–Kier alpha value is -0.570. The van der Waals surface area contributed by atoms with Crippen molar-refractivity contribution in [2.24, 2.45) is 5.92 Å². The third kappa shape index (κ3) is 1.78. The third-order valence-corrected chi connectivity index (χ3v) is 4.09. The van der Waals surface area contributed by atoms with Crippen LogP contribution in [0.15, 0.2) is 0 Å². The molecule has 0 aromatic rings. The van der Waals surface area contributed by atoms with E-state index in [9.17, 15) is 9.90 Å². The van der Waals surface area contributed by atoms with E-state index in [1.165, 1.54) is 6.42 Å². The van der Waals surface area contributed by atoms with Gasteiger partial charge in [0.15, 0.2) is 0 Å². The topological polar surface area (TPSA) is 40.5 Å². The van der Waals surface area contributed by atoms with Gasteiger partial charge < -0.3 is 10.0 Å². The van der Waals surface area contributed by atoms with Gasteiger partial charge in [0.05, 0.1) is 11.6 Å². The average Bonchev–Trinajstić information content (AvgIpc) is 2.06. The molecule has 1 amide bonds. The second-order valence-corrected chi connectivity index (χ2v) is 5.43. The van der Waals surface area contributed by atoms with Crippen LogP contribution < -0.4 is 0 Å². The molecule has 1 saturated carbocycles. The first-order valence-corrected chi connectivity index (χ1v) is 6.03. The zero-order valence-corrected chi connectivity index (χ0v) is 9.70. The maximum atomic E-state index is 12.2. The van der Waals surface area contributed by atoms with Crippen molar-refractivity contribution in [1.29, 1.82) is 0 Å². The van der Waals surface area contributed by atoms with Crippen LogP contribution >= 0.6 is 0 Å². The number of nitrogens with zero attached hydrogens (tertiary/aromatic N) is 1. The van der Waals surface area contributed by atoms with Crippen molar-refractivity contribution in [2.45, 2.75) is 57.6 Å². The average molecular weight is 211 g/mol. The van der Waals surface area contributed by atoms with Gasteiger partial charge in [-0.1, -0.05) is 6.42 Å². The van der Waals surface area contributed by atoms with Gasteiger partial charge >= 0.3 is 0 Å². The smallest absolute Gasteiger partial charge is 0.226 e. The van der Waals surface area contributed by atoms with E-state index in [-0.39, 0.29) is 23.5 Å². The summed E-state index contributed by atoms with van der Waals surface area (Å²) in [6, 6.07) is 0. The molecular formula is C12H21NO2. The van der Waals surface area contributed by atoms with Crippen LogP contribution in [-0.2, 0) is 4.79 Å². The van der Waals surface area contributed by atoms with Crippen molar-refractivity contribution in [3.63, 3.8) is 0 Å². The predicted octanol–water partition coefficient (Wildman–Crippen LogP) is 1.55. The predicted molar refractivity (Wildman–Crippen MR) is 58.4 cm³/mol. The Morgan fingerprint density at radius 3 is 2.47 bits per heavy atom. The Morgan fingerprint density at radius 2 is 1.93 bits per heavy atom. The summed E-state index contributed by atoms with van der Waals surface area (Å²) in [5.41, 5.74) is -0.370. The monoisotopic (exact) mass is 211 g/mol. The van der Waals surface area contributed by atoms with Gasteiger partial charge in [-0.3, -0.25) is 4.79 Å². The molecular weight excluding hydrogens is 190 g/mol. The number of carbonyl (C=O) groups is 1. The minimum absolute atomic E-state index is 0.245. The Kier molecular flexibility index (Phi) is 2.75. The summed E-state index contributed by atoms with van der Waals surface area (Å²) in [6.07, 6.45) is 4.66. The Labute approximate surface area is 91.5 Å². The Balaban J connectivity index is 2.08. The summed E-state index contributed by atoms with van der Waals surface area (Å²) >= 11 is 0. The SMILES string of the molecule is CC1(C)C(O)CCCN1C(=O)C1CCC1. The van der Waals surface area contributed by atoms with Gasteiger partial charge in [-0.25, -0.2) is 0 Å². The molecule has 1 saturated heterocycles. The summed E-state index contributed by atoms with van der Waals surface area (Å²) in [4.78, 5) is 14.1. The number of carbonyl (C=O) groups excluding carboxylic acids is 1. The van der Waals surface area contributed by atoms with Crippen LogP contribution in [0.5, 0.6) is 0 Å². The van der Waals surface area contributed by atoms with E-state index >= 15 is 0 Å². The summed E-state index contributed by atoms with van der Waals surface area (Å²) < 4.78 is 0. The van der Waals surface area contributed by atoms with E-state index in [0.717, 1.165) is 32.2 Å². The first-order valence-electron chi connectivity index (χ1n) is 6.03. The number of aliphatic hydroxyl groups is 1. The van der Waals surface area contributed by atoms with Crippen LogP contribution in [0.25, 0.3) is 0 Å². The molecule has 1 N–H and O–H groups in total. The molecule has 0 bridgehead atoms. The van der Waals surface area contributed by atoms with Gasteiger partial charge in [0, 0.05) is 12.5 Å². The van der Waals surface area contributed by atoms with E-state index in [1.807, 2.05) is 18.7 Å². The third-order valence-electron chi connectivity index (χ3n) is 4.09. The molecule has 3 nitrogen and oxygen atoms in total. The molecule has 1 aliphatic carbocycles. The molecule has 2 aliphatic rings. The Morgan fingerprint density at radius 1 is 1.27 bits per heavy atom. The number of amides is 1. The number of piperidine rings is 1. The lowest BCUT2D eigenvalue weighted by atomic mass is 9.80. The fraction of sp³-hybridized carbons (Fsp3) is 0.917. The quantitative estimate of drug-likeness (QED) is 0.715. The summed E-state index contributed by atoms with van der Waals surface area (Å²) in [5.74, 6) is 0.513. The molecule has 0 aromatic carbocycles. The van der Waals surface area contributed by atoms with Gasteiger partial charge in [-0.05, 0) is 39.5 Å². The van der Waals surface area contributed by atoms with Crippen LogP contribution in [-0.4, -0.2) is 34.1 Å². The molecule has 15 heavy (non-hydrogen) atoms. The minimum atomic E-state index is -0.370. The molecule has 1 unspecified atom stereocenters. The molecule has 0 spiro atoms. The number of aliphatic hydroxyl groups excluding tert-OH is 1. The molecule has 86 valence electrons. The summed E-state index contributed by atoms with van der Waals surface area (Å²) in [5, 5.41) is 9.93. The van der Waals surface area contributed by atoms with E-state index in [0.29, 0.717) is 0 Å². The van der Waals surface area contributed by atoms with Crippen molar-refractivity contribution in [1.82, 2.24) is 4.90 Å². The van der Waals surface area contributed by atoms with Crippen molar-refractivity contribution >= 4 is 5.91 Å². The summed E-state index contributed by atoms with van der Waals surface area (Å²) in [6.45, 7) is 4.78. The minimum Gasteiger partial charge on any atom is -0.391 e. The molecule has 2 rings (SSSR count). The zero-order chi connectivity index (χ0) is 11.1. The molecule has 1 aliphatic heterocycles. The first-order chi connectivity index (χ1) is 7.03. The van der Waals surface area contributed by atoms with Crippen LogP contribution in [0.4, 0.5) is 0 Å². The zero-order valence-electron chi connectivity index (χ0n) is 9.70. The summed E-state index contributed by atoms with van der Waals surface area (Å²) in [7, 11) is 0. The van der Waals surface area contributed by atoms with Crippen LogP contribution in [0.2, 0.25) is 0 Å². The maximum absolute atomic E-state index is 12.2. The number of hydrogen-bond donors (Lipinski definition) is 1. The van der Waals surface area contributed by atoms with Crippen molar-refractivity contribution < 1.29 is 9.90 Å². The number of rotatable bonds is 1. The van der Waals surface area contributed by atoms with Crippen LogP contribution in [0.3, 0.4) is 0 Å². The molecule has 0 radical (unpaired) electrons. The van der Waals surface area contributed by atoms with Crippen molar-refractivity contribution in [2.75, 3.05) is 6.54 Å². The van der Waals surface area contributed by atoms with Gasteiger partial charge in [0.2, 0.25) is 5.91 Å². The van der Waals surface area contributed by atoms with Gasteiger partial charge in [-0.15, -0.1) is 0 Å². The van der Waals surface area contributed by atoms with E-state index in [4.69, 9.17) is 0 Å². The largest absolute Gasteiger partial charge is 0.391 e. The molecule has 1 atom stereocenters. The number of likely N-dealkylation sites (tertiary alicyclic amines) is 1. The second-order valence-electron chi connectivity index (χ2n) is 5.43. The van der Waals surface area contributed by atoms with E-state index < -0.39 is 0 Å². The molecule has 3 heteroatoms. The van der Waals surface area contributed by atoms with Gasteiger partial charge in [-0.2, -0.15) is 0 Å². The van der Waals surface area contributed by atoms with Crippen molar-refractivity contribution in [3.05, 3.63) is 0 Å². The van der Waals surface area contributed by atoms with Crippen molar-refractivity contribution in [3.8, 4) is 0 Å². The lowest BCUT2D eigenvalue weighted by molar-refractivity contribution is -0.152. The lowest BCUT2D eigenvalue weighted by Gasteiger charge is -2.48. The normalized spacial score (nSPS) is 31.1.